The molecular weight excluding hydrogens is 436 g/mol. The van der Waals surface area contributed by atoms with Gasteiger partial charge in [-0.1, -0.05) is 84.9 Å². The van der Waals surface area contributed by atoms with E-state index < -0.39 is 0 Å². The molecule has 2 aromatic heterocycles. The van der Waals surface area contributed by atoms with E-state index in [-0.39, 0.29) is 0 Å². The van der Waals surface area contributed by atoms with Gasteiger partial charge in [0, 0.05) is 23.2 Å². The molecule has 0 bridgehead atoms. The summed E-state index contributed by atoms with van der Waals surface area (Å²) in [5.74, 6) is 0. The zero-order valence-electron chi connectivity index (χ0n) is 19.8. The van der Waals surface area contributed by atoms with E-state index in [2.05, 4.69) is 155 Å². The van der Waals surface area contributed by atoms with Crippen LogP contribution in [0.4, 0.5) is 0 Å². The third-order valence-electron chi connectivity index (χ3n) is 7.00. The Bertz CT molecular complexity index is 1690. The highest BCUT2D eigenvalue weighted by Gasteiger charge is 2.12. The lowest BCUT2D eigenvalue weighted by molar-refractivity contribution is 1.05. The molecule has 0 aliphatic rings. The smallest absolute Gasteiger partial charge is 0.0696 e. The van der Waals surface area contributed by atoms with Crippen molar-refractivity contribution in [1.82, 2.24) is 9.13 Å². The molecule has 0 amide bonds. The van der Waals surface area contributed by atoms with Crippen molar-refractivity contribution in [2.24, 2.45) is 0 Å². The van der Waals surface area contributed by atoms with E-state index in [1.807, 2.05) is 0 Å². The van der Waals surface area contributed by atoms with Crippen LogP contribution in [0.3, 0.4) is 0 Å². The number of hydrogen-bond acceptors (Lipinski definition) is 0. The van der Waals surface area contributed by atoms with Gasteiger partial charge in [-0.2, -0.15) is 0 Å². The number of rotatable bonds is 4. The topological polar surface area (TPSA) is 9.86 Å². The second-order valence-electron chi connectivity index (χ2n) is 9.14. The molecule has 2 heterocycles. The molecule has 7 aromatic rings. The highest BCUT2D eigenvalue weighted by atomic mass is 15.0. The van der Waals surface area contributed by atoms with Gasteiger partial charge in [0.15, 0.2) is 0 Å². The Kier molecular flexibility index (Phi) is 4.82. The van der Waals surface area contributed by atoms with Gasteiger partial charge < -0.3 is 9.13 Å². The number of nitrogens with zero attached hydrogens (tertiary/aromatic N) is 2. The van der Waals surface area contributed by atoms with Gasteiger partial charge in [-0.05, 0) is 70.8 Å². The van der Waals surface area contributed by atoms with E-state index >= 15 is 0 Å². The number of hydrogen-bond donors (Lipinski definition) is 0. The van der Waals surface area contributed by atoms with E-state index in [1.54, 1.807) is 0 Å². The summed E-state index contributed by atoms with van der Waals surface area (Å²) in [4.78, 5) is 0. The van der Waals surface area contributed by atoms with Gasteiger partial charge in [0.1, 0.15) is 0 Å². The molecule has 0 radical (unpaired) electrons. The van der Waals surface area contributed by atoms with E-state index in [9.17, 15) is 0 Å². The number of para-hydroxylation sites is 2. The summed E-state index contributed by atoms with van der Waals surface area (Å²) in [6, 6.07) is 47.6. The fourth-order valence-corrected chi connectivity index (χ4v) is 5.20. The van der Waals surface area contributed by atoms with Gasteiger partial charge in [0.25, 0.3) is 0 Å². The molecule has 0 fully saturated rings. The van der Waals surface area contributed by atoms with Gasteiger partial charge in [0.2, 0.25) is 0 Å². The first-order chi connectivity index (χ1) is 17.8. The van der Waals surface area contributed by atoms with Crippen LogP contribution in [0.1, 0.15) is 0 Å². The van der Waals surface area contributed by atoms with Crippen molar-refractivity contribution in [2.75, 3.05) is 0 Å². The van der Waals surface area contributed by atoms with Gasteiger partial charge in [-0.3, -0.25) is 0 Å². The van der Waals surface area contributed by atoms with Crippen molar-refractivity contribution in [1.29, 1.82) is 0 Å². The second kappa shape index (κ2) is 8.44. The molecule has 0 spiro atoms. The lowest BCUT2D eigenvalue weighted by Crippen LogP contribution is -2.01. The maximum Gasteiger partial charge on any atom is 0.0696 e. The Hall–Kier alpha value is -4.82. The molecule has 0 unspecified atom stereocenters. The number of fused-ring (bicyclic) bond motifs is 2. The van der Waals surface area contributed by atoms with Crippen LogP contribution >= 0.6 is 0 Å². The van der Waals surface area contributed by atoms with Crippen LogP contribution in [-0.2, 0) is 0 Å². The molecule has 2 heteroatoms. The molecule has 0 aliphatic heterocycles. The Morgan fingerprint density at radius 3 is 1.19 bits per heavy atom. The van der Waals surface area contributed by atoms with Gasteiger partial charge in [-0.25, -0.2) is 0 Å². The van der Waals surface area contributed by atoms with E-state index in [1.165, 1.54) is 44.1 Å². The first-order valence-electron chi connectivity index (χ1n) is 12.3. The summed E-state index contributed by atoms with van der Waals surface area (Å²) in [5, 5.41) is 2.46. The molecule has 0 saturated heterocycles. The van der Waals surface area contributed by atoms with E-state index in [0.29, 0.717) is 0 Å². The summed E-state index contributed by atoms with van der Waals surface area (Å²) in [7, 11) is 0. The molecule has 0 N–H and O–H groups in total. The Balaban J connectivity index is 1.33. The first-order valence-corrected chi connectivity index (χ1v) is 12.3. The largest absolute Gasteiger partial charge is 0.315 e. The second-order valence-corrected chi connectivity index (χ2v) is 9.14. The average molecular weight is 461 g/mol. The first kappa shape index (κ1) is 20.5. The normalized spacial score (nSPS) is 11.3. The quantitative estimate of drug-likeness (QED) is 0.248. The van der Waals surface area contributed by atoms with Crippen molar-refractivity contribution in [2.45, 2.75) is 0 Å². The van der Waals surface area contributed by atoms with Crippen molar-refractivity contribution in [3.8, 4) is 33.6 Å². The molecule has 0 saturated carbocycles. The molecule has 0 aliphatic carbocycles. The summed E-state index contributed by atoms with van der Waals surface area (Å²) in [6.07, 6.45) is 4.36. The maximum atomic E-state index is 2.30. The van der Waals surface area contributed by atoms with Crippen LogP contribution in [-0.4, -0.2) is 9.13 Å². The summed E-state index contributed by atoms with van der Waals surface area (Å²) >= 11 is 0. The highest BCUT2D eigenvalue weighted by molar-refractivity contribution is 5.89. The third-order valence-corrected chi connectivity index (χ3v) is 7.00. The minimum Gasteiger partial charge on any atom is -0.315 e. The van der Waals surface area contributed by atoms with Crippen molar-refractivity contribution in [3.63, 3.8) is 0 Å². The lowest BCUT2D eigenvalue weighted by Gasteiger charge is -2.15. The van der Waals surface area contributed by atoms with Crippen LogP contribution in [0, 0.1) is 0 Å². The predicted molar refractivity (Wildman–Crippen MR) is 151 cm³/mol. The van der Waals surface area contributed by atoms with Crippen LogP contribution in [0.15, 0.2) is 146 Å². The zero-order valence-corrected chi connectivity index (χ0v) is 19.8. The zero-order chi connectivity index (χ0) is 23.9. The van der Waals surface area contributed by atoms with Crippen LogP contribution in [0.2, 0.25) is 0 Å². The van der Waals surface area contributed by atoms with E-state index in [0.717, 1.165) is 11.4 Å². The maximum absolute atomic E-state index is 2.30. The summed E-state index contributed by atoms with van der Waals surface area (Å²) < 4.78 is 4.59. The molecule has 36 heavy (non-hydrogen) atoms. The van der Waals surface area contributed by atoms with Crippen LogP contribution < -0.4 is 0 Å². The minimum atomic E-state index is 1.16. The summed E-state index contributed by atoms with van der Waals surface area (Å²) in [6.45, 7) is 0. The third kappa shape index (κ3) is 3.43. The van der Waals surface area contributed by atoms with Crippen molar-refractivity contribution >= 4 is 21.8 Å². The fourth-order valence-electron chi connectivity index (χ4n) is 5.20. The molecule has 170 valence electrons. The Morgan fingerprint density at radius 1 is 0.333 bits per heavy atom. The van der Waals surface area contributed by atoms with E-state index in [4.69, 9.17) is 0 Å². The Morgan fingerprint density at radius 2 is 0.750 bits per heavy atom. The van der Waals surface area contributed by atoms with Crippen molar-refractivity contribution in [3.05, 3.63) is 146 Å². The molecular formula is C34H24N2. The average Bonchev–Trinajstić information content (AvgIpc) is 3.57. The standard InChI is InChI=1S/C34H24N2/c1-3-9-25(10-4-1)27-15-17-31-29(23-27)19-21-35(31)33-13-7-8-14-34(33)36-22-20-30-24-28(16-18-32(30)36)26-11-5-2-6-12-26/h1-24H. The number of benzene rings is 5. The fraction of sp³-hybridized carbons (Fsp3) is 0. The van der Waals surface area contributed by atoms with Gasteiger partial charge in [0.05, 0.1) is 22.4 Å². The lowest BCUT2D eigenvalue weighted by atomic mass is 10.0. The van der Waals surface area contributed by atoms with Crippen LogP contribution in [0.5, 0.6) is 0 Å². The number of aromatic nitrogens is 2. The minimum absolute atomic E-state index is 1.16. The molecule has 7 rings (SSSR count). The molecule has 0 atom stereocenters. The highest BCUT2D eigenvalue weighted by Crippen LogP contribution is 2.32. The van der Waals surface area contributed by atoms with Gasteiger partial charge in [-0.15, -0.1) is 0 Å². The monoisotopic (exact) mass is 460 g/mol. The summed E-state index contributed by atoms with van der Waals surface area (Å²) in [5.41, 5.74) is 9.66. The predicted octanol–water partition coefficient (Wildman–Crippen LogP) is 8.91. The van der Waals surface area contributed by atoms with Crippen LogP contribution in [0.25, 0.3) is 55.4 Å². The van der Waals surface area contributed by atoms with Crippen molar-refractivity contribution < 1.29 is 0 Å². The Labute approximate surface area is 210 Å². The SMILES string of the molecule is c1ccc(-c2ccc3c(ccn3-c3ccccc3-n3ccc4cc(-c5ccccc5)ccc43)c2)cc1. The molecule has 2 nitrogen and oxygen atoms in total. The van der Waals surface area contributed by atoms with Gasteiger partial charge >= 0.3 is 0 Å². The molecule has 5 aromatic carbocycles.